The van der Waals surface area contributed by atoms with Crippen LogP contribution >= 0.6 is 0 Å². The van der Waals surface area contributed by atoms with E-state index in [4.69, 9.17) is 0 Å². The Hall–Kier alpha value is -3.68. The Morgan fingerprint density at radius 3 is 1.77 bits per heavy atom. The van der Waals surface area contributed by atoms with Crippen molar-refractivity contribution in [2.45, 2.75) is 57.5 Å². The fourth-order valence-corrected chi connectivity index (χ4v) is 4.23. The Morgan fingerprint density at radius 1 is 0.743 bits per heavy atom. The van der Waals surface area contributed by atoms with Crippen LogP contribution < -0.4 is 10.6 Å². The van der Waals surface area contributed by atoms with E-state index in [0.29, 0.717) is 17.3 Å². The zero-order valence-electron chi connectivity index (χ0n) is 20.8. The maximum Gasteiger partial charge on any atom is 0.314 e. The molecule has 1 aliphatic carbocycles. The minimum absolute atomic E-state index is 0.0263. The van der Waals surface area contributed by atoms with Gasteiger partial charge in [-0.15, -0.1) is 0 Å². The van der Waals surface area contributed by atoms with Crippen LogP contribution in [0.5, 0.6) is 0 Å². The first kappa shape index (κ1) is 25.9. The predicted molar refractivity (Wildman–Crippen MR) is 136 cm³/mol. The van der Waals surface area contributed by atoms with E-state index in [0.717, 1.165) is 31.2 Å². The third-order valence-electron chi connectivity index (χ3n) is 6.72. The van der Waals surface area contributed by atoms with Gasteiger partial charge in [-0.25, -0.2) is 0 Å². The maximum atomic E-state index is 12.6. The van der Waals surface area contributed by atoms with Gasteiger partial charge in [0.1, 0.15) is 0 Å². The third-order valence-corrected chi connectivity index (χ3v) is 6.72. The zero-order chi connectivity index (χ0) is 25.5. The number of amides is 4. The summed E-state index contributed by atoms with van der Waals surface area (Å²) in [5.74, 6) is -2.04. The monoisotopic (exact) mass is 478 g/mol. The third kappa shape index (κ3) is 6.68. The van der Waals surface area contributed by atoms with Crippen molar-refractivity contribution in [3.63, 3.8) is 0 Å². The van der Waals surface area contributed by atoms with E-state index in [9.17, 15) is 19.2 Å². The molecule has 8 nitrogen and oxygen atoms in total. The van der Waals surface area contributed by atoms with Gasteiger partial charge in [0.25, 0.3) is 0 Å². The average Bonchev–Trinajstić information content (AvgIpc) is 2.88. The molecule has 186 valence electrons. The Labute approximate surface area is 206 Å². The summed E-state index contributed by atoms with van der Waals surface area (Å²) in [6, 6.07) is 16.4. The summed E-state index contributed by atoms with van der Waals surface area (Å²) in [5, 5.41) is 5.18. The van der Waals surface area contributed by atoms with Crippen molar-refractivity contribution in [1.29, 1.82) is 0 Å². The second-order valence-corrected chi connectivity index (χ2v) is 9.33. The lowest BCUT2D eigenvalue weighted by atomic mass is 9.81. The fraction of sp³-hybridized carbons (Fsp3) is 0.407. The fourth-order valence-electron chi connectivity index (χ4n) is 4.23. The van der Waals surface area contributed by atoms with Crippen LogP contribution in [0.15, 0.2) is 54.6 Å². The Kier molecular flexibility index (Phi) is 8.63. The number of likely N-dealkylation sites (N-methyl/N-ethyl adjacent to an activating group) is 2. The van der Waals surface area contributed by atoms with Crippen LogP contribution in [0.1, 0.15) is 51.0 Å². The first-order valence-electron chi connectivity index (χ1n) is 12.0. The summed E-state index contributed by atoms with van der Waals surface area (Å²) in [6.07, 6.45) is 3.46. The standard InChI is InChI=1S/C27H34N4O4/c1-18(2)30(3)26(34)27(35)31(4)23-16-12-20(13-17-23)19-10-14-22(15-11-19)29-25(33)24(32)28-21-8-6-5-7-9-21/h5-11,14-15,18,20,23H,12-13,16-17H2,1-4H3,(H,28,32)(H,29,33). The van der Waals surface area contributed by atoms with Crippen molar-refractivity contribution < 1.29 is 19.2 Å². The van der Waals surface area contributed by atoms with E-state index in [2.05, 4.69) is 10.6 Å². The predicted octanol–water partition coefficient (Wildman–Crippen LogP) is 3.62. The number of carbonyl (C=O) groups excluding carboxylic acids is 4. The molecule has 0 saturated heterocycles. The summed E-state index contributed by atoms with van der Waals surface area (Å²) in [5.41, 5.74) is 2.26. The second kappa shape index (κ2) is 11.6. The molecule has 2 N–H and O–H groups in total. The molecule has 0 radical (unpaired) electrons. The molecule has 0 spiro atoms. The number of hydrogen-bond donors (Lipinski definition) is 2. The van der Waals surface area contributed by atoms with Gasteiger partial charge in [0, 0.05) is 37.6 Å². The molecule has 0 bridgehead atoms. The van der Waals surface area contributed by atoms with Crippen molar-refractivity contribution in [3.8, 4) is 0 Å². The van der Waals surface area contributed by atoms with E-state index in [1.807, 2.05) is 32.0 Å². The van der Waals surface area contributed by atoms with Crippen LogP contribution in [-0.4, -0.2) is 59.6 Å². The van der Waals surface area contributed by atoms with Crippen molar-refractivity contribution in [2.75, 3.05) is 24.7 Å². The second-order valence-electron chi connectivity index (χ2n) is 9.33. The molecule has 3 rings (SSSR count). The molecule has 8 heteroatoms. The highest BCUT2D eigenvalue weighted by molar-refractivity contribution is 6.43. The summed E-state index contributed by atoms with van der Waals surface area (Å²) in [6.45, 7) is 3.76. The maximum absolute atomic E-state index is 12.6. The van der Waals surface area contributed by atoms with Gasteiger partial charge >= 0.3 is 23.6 Å². The number of carbonyl (C=O) groups is 4. The van der Waals surface area contributed by atoms with Crippen molar-refractivity contribution in [3.05, 3.63) is 60.2 Å². The van der Waals surface area contributed by atoms with Crippen LogP contribution in [0, 0.1) is 0 Å². The molecular weight excluding hydrogens is 444 g/mol. The van der Waals surface area contributed by atoms with Crippen LogP contribution in [0.2, 0.25) is 0 Å². The SMILES string of the molecule is CC(C)N(C)C(=O)C(=O)N(C)C1CCC(c2ccc(NC(=O)C(=O)Nc3ccccc3)cc2)CC1. The molecule has 35 heavy (non-hydrogen) atoms. The highest BCUT2D eigenvalue weighted by Crippen LogP contribution is 2.35. The molecule has 1 saturated carbocycles. The topological polar surface area (TPSA) is 98.8 Å². The van der Waals surface area contributed by atoms with E-state index in [-0.39, 0.29) is 12.1 Å². The molecule has 4 amide bonds. The first-order chi connectivity index (χ1) is 16.7. The Bertz CT molecular complexity index is 1040. The molecule has 0 aliphatic heterocycles. The van der Waals surface area contributed by atoms with Gasteiger partial charge < -0.3 is 20.4 Å². The number of nitrogens with zero attached hydrogens (tertiary/aromatic N) is 2. The number of benzene rings is 2. The number of hydrogen-bond acceptors (Lipinski definition) is 4. The minimum Gasteiger partial charge on any atom is -0.335 e. The normalized spacial score (nSPS) is 17.4. The number of anilines is 2. The minimum atomic E-state index is -0.729. The molecule has 0 aromatic heterocycles. The number of nitrogens with one attached hydrogen (secondary N) is 2. The summed E-state index contributed by atoms with van der Waals surface area (Å²) >= 11 is 0. The lowest BCUT2D eigenvalue weighted by Gasteiger charge is -2.35. The van der Waals surface area contributed by atoms with Crippen LogP contribution in [-0.2, 0) is 19.2 Å². The van der Waals surface area contributed by atoms with Gasteiger partial charge in [-0.3, -0.25) is 19.2 Å². The molecule has 1 fully saturated rings. The highest BCUT2D eigenvalue weighted by atomic mass is 16.2. The summed E-state index contributed by atoms with van der Waals surface area (Å²) < 4.78 is 0. The van der Waals surface area contributed by atoms with Crippen molar-refractivity contribution in [1.82, 2.24) is 9.80 Å². The van der Waals surface area contributed by atoms with Gasteiger partial charge in [0.2, 0.25) is 0 Å². The zero-order valence-corrected chi connectivity index (χ0v) is 20.8. The quantitative estimate of drug-likeness (QED) is 0.642. The van der Waals surface area contributed by atoms with E-state index in [1.165, 1.54) is 4.90 Å². The number of rotatable bonds is 5. The molecular formula is C27H34N4O4. The van der Waals surface area contributed by atoms with E-state index in [1.54, 1.807) is 55.4 Å². The van der Waals surface area contributed by atoms with Crippen LogP contribution in [0.25, 0.3) is 0 Å². The lowest BCUT2D eigenvalue weighted by molar-refractivity contribution is -0.152. The van der Waals surface area contributed by atoms with Crippen LogP contribution in [0.3, 0.4) is 0 Å². The summed E-state index contributed by atoms with van der Waals surface area (Å²) in [7, 11) is 3.36. The van der Waals surface area contributed by atoms with Crippen molar-refractivity contribution in [2.24, 2.45) is 0 Å². The van der Waals surface area contributed by atoms with E-state index >= 15 is 0 Å². The molecule has 0 heterocycles. The Balaban J connectivity index is 1.50. The highest BCUT2D eigenvalue weighted by Gasteiger charge is 2.31. The van der Waals surface area contributed by atoms with Gasteiger partial charge in [-0.1, -0.05) is 30.3 Å². The summed E-state index contributed by atoms with van der Waals surface area (Å²) in [4.78, 5) is 52.3. The average molecular weight is 479 g/mol. The molecule has 2 aromatic carbocycles. The molecule has 0 unspecified atom stereocenters. The van der Waals surface area contributed by atoms with Gasteiger partial charge in [0.15, 0.2) is 0 Å². The Morgan fingerprint density at radius 2 is 1.26 bits per heavy atom. The smallest absolute Gasteiger partial charge is 0.314 e. The number of para-hydroxylation sites is 1. The molecule has 0 atom stereocenters. The van der Waals surface area contributed by atoms with Gasteiger partial charge in [-0.2, -0.15) is 0 Å². The van der Waals surface area contributed by atoms with Gasteiger partial charge in [-0.05, 0) is 75.3 Å². The van der Waals surface area contributed by atoms with Crippen molar-refractivity contribution >= 4 is 35.0 Å². The molecule has 1 aliphatic rings. The lowest BCUT2D eigenvalue weighted by Crippen LogP contribution is -2.48. The van der Waals surface area contributed by atoms with Crippen LogP contribution in [0.4, 0.5) is 11.4 Å². The largest absolute Gasteiger partial charge is 0.335 e. The van der Waals surface area contributed by atoms with E-state index < -0.39 is 23.6 Å². The molecule has 2 aromatic rings. The van der Waals surface area contributed by atoms with Gasteiger partial charge in [0.05, 0.1) is 0 Å². The first-order valence-corrected chi connectivity index (χ1v) is 12.0.